The van der Waals surface area contributed by atoms with Gasteiger partial charge in [-0.3, -0.25) is 14.7 Å². The molecule has 3 heterocycles. The van der Waals surface area contributed by atoms with Crippen molar-refractivity contribution < 1.29 is 14.3 Å². The van der Waals surface area contributed by atoms with Crippen molar-refractivity contribution in [1.29, 1.82) is 0 Å². The minimum Gasteiger partial charge on any atom is -0.485 e. The number of nitrogens with zero attached hydrogens (tertiary/aromatic N) is 3. The Morgan fingerprint density at radius 3 is 2.66 bits per heavy atom. The average molecular weight is 403 g/mol. The number of fused-ring (bicyclic) bond motifs is 2. The Bertz CT molecular complexity index is 1130. The molecule has 0 spiro atoms. The molecule has 0 saturated carbocycles. The van der Waals surface area contributed by atoms with Crippen LogP contribution in [0.5, 0.6) is 11.5 Å². The number of ether oxygens (including phenoxy) is 2. The first-order valence-electron chi connectivity index (χ1n) is 9.23. The first-order valence-corrected chi connectivity index (χ1v) is 10.0. The summed E-state index contributed by atoms with van der Waals surface area (Å²) in [7, 11) is 0. The predicted octanol–water partition coefficient (Wildman–Crippen LogP) is 4.06. The van der Waals surface area contributed by atoms with Gasteiger partial charge in [0.25, 0.3) is 5.91 Å². The van der Waals surface area contributed by atoms with Gasteiger partial charge in [-0.1, -0.05) is 41.7 Å². The van der Waals surface area contributed by atoms with Crippen LogP contribution in [0.3, 0.4) is 0 Å². The fraction of sp³-hybridized carbons (Fsp3) is 0.136. The standard InChI is InChI=1S/C22H17N3O3S/c26-21(19-14-27-17-9-2-3-10-18(17)28-19)25(13-15-7-5-6-12-23-15)22-24-16-8-1-4-11-20(16)29-22/h1-12,19H,13-14H2. The number of thiazole rings is 1. The van der Waals surface area contributed by atoms with E-state index in [0.29, 0.717) is 23.2 Å². The third kappa shape index (κ3) is 3.52. The fourth-order valence-corrected chi connectivity index (χ4v) is 4.15. The molecule has 29 heavy (non-hydrogen) atoms. The molecule has 0 aliphatic carbocycles. The number of hydrogen-bond donors (Lipinski definition) is 0. The van der Waals surface area contributed by atoms with Gasteiger partial charge in [0, 0.05) is 6.20 Å². The zero-order chi connectivity index (χ0) is 19.6. The summed E-state index contributed by atoms with van der Waals surface area (Å²) in [5.74, 6) is 1.01. The van der Waals surface area contributed by atoms with Crippen molar-refractivity contribution in [1.82, 2.24) is 9.97 Å². The Hall–Kier alpha value is -3.45. The lowest BCUT2D eigenvalue weighted by Gasteiger charge is -2.29. The summed E-state index contributed by atoms with van der Waals surface area (Å²) < 4.78 is 12.7. The van der Waals surface area contributed by atoms with Crippen molar-refractivity contribution >= 4 is 32.6 Å². The van der Waals surface area contributed by atoms with Crippen molar-refractivity contribution in [3.8, 4) is 11.5 Å². The van der Waals surface area contributed by atoms with Gasteiger partial charge in [-0.25, -0.2) is 4.98 Å². The van der Waals surface area contributed by atoms with E-state index in [4.69, 9.17) is 9.47 Å². The van der Waals surface area contributed by atoms with Gasteiger partial charge in [0.1, 0.15) is 6.61 Å². The highest BCUT2D eigenvalue weighted by atomic mass is 32.1. The number of anilines is 1. The van der Waals surface area contributed by atoms with Crippen molar-refractivity contribution in [3.63, 3.8) is 0 Å². The quantitative estimate of drug-likeness (QED) is 0.514. The number of amides is 1. The first-order chi connectivity index (χ1) is 14.3. The zero-order valence-corrected chi connectivity index (χ0v) is 16.2. The van der Waals surface area contributed by atoms with Crippen LogP contribution in [-0.4, -0.2) is 28.6 Å². The molecule has 0 N–H and O–H groups in total. The number of para-hydroxylation sites is 3. The van der Waals surface area contributed by atoms with Gasteiger partial charge in [-0.15, -0.1) is 0 Å². The Morgan fingerprint density at radius 2 is 1.83 bits per heavy atom. The highest BCUT2D eigenvalue weighted by Gasteiger charge is 2.33. The van der Waals surface area contributed by atoms with E-state index in [9.17, 15) is 4.79 Å². The number of carbonyl (C=O) groups is 1. The van der Waals surface area contributed by atoms with E-state index in [1.165, 1.54) is 11.3 Å². The smallest absolute Gasteiger partial charge is 0.273 e. The van der Waals surface area contributed by atoms with E-state index < -0.39 is 6.10 Å². The van der Waals surface area contributed by atoms with Crippen LogP contribution >= 0.6 is 11.3 Å². The number of carbonyl (C=O) groups excluding carboxylic acids is 1. The maximum atomic E-state index is 13.4. The average Bonchev–Trinajstić information content (AvgIpc) is 3.21. The van der Waals surface area contributed by atoms with E-state index in [2.05, 4.69) is 9.97 Å². The van der Waals surface area contributed by atoms with Crippen molar-refractivity contribution in [2.45, 2.75) is 12.6 Å². The molecule has 5 rings (SSSR count). The summed E-state index contributed by atoms with van der Waals surface area (Å²) in [5, 5.41) is 0.615. The zero-order valence-electron chi connectivity index (χ0n) is 15.4. The summed E-state index contributed by atoms with van der Waals surface area (Å²) in [4.78, 5) is 24.1. The van der Waals surface area contributed by atoms with Crippen LogP contribution in [0, 0.1) is 0 Å². The van der Waals surface area contributed by atoms with Crippen LogP contribution in [0.25, 0.3) is 10.2 Å². The van der Waals surface area contributed by atoms with Gasteiger partial charge < -0.3 is 9.47 Å². The predicted molar refractivity (Wildman–Crippen MR) is 111 cm³/mol. The number of aromatic nitrogens is 2. The third-order valence-electron chi connectivity index (χ3n) is 4.61. The Morgan fingerprint density at radius 1 is 1.03 bits per heavy atom. The van der Waals surface area contributed by atoms with Gasteiger partial charge in [-0.05, 0) is 36.4 Å². The molecule has 0 bridgehead atoms. The van der Waals surface area contributed by atoms with E-state index in [1.54, 1.807) is 17.2 Å². The fourth-order valence-electron chi connectivity index (χ4n) is 3.18. The number of pyridine rings is 1. The molecule has 7 heteroatoms. The minimum atomic E-state index is -0.749. The molecule has 0 fully saturated rings. The van der Waals surface area contributed by atoms with E-state index in [0.717, 1.165) is 15.9 Å². The molecule has 4 aromatic rings. The second kappa shape index (κ2) is 7.52. The maximum absolute atomic E-state index is 13.4. The molecule has 1 atom stereocenters. The molecule has 1 aliphatic heterocycles. The SMILES string of the molecule is O=C(C1COc2ccccc2O1)N(Cc1ccccn1)c1nc2ccccc2s1. The summed E-state index contributed by atoms with van der Waals surface area (Å²) in [6.07, 6.45) is 0.966. The van der Waals surface area contributed by atoms with Gasteiger partial charge in [0.15, 0.2) is 16.6 Å². The van der Waals surface area contributed by atoms with Crippen LogP contribution in [0.4, 0.5) is 5.13 Å². The van der Waals surface area contributed by atoms with Crippen molar-refractivity contribution in [2.24, 2.45) is 0 Å². The van der Waals surface area contributed by atoms with Crippen molar-refractivity contribution in [2.75, 3.05) is 11.5 Å². The minimum absolute atomic E-state index is 0.152. The summed E-state index contributed by atoms with van der Waals surface area (Å²) >= 11 is 1.47. The third-order valence-corrected chi connectivity index (χ3v) is 5.67. The normalized spacial score (nSPS) is 15.2. The van der Waals surface area contributed by atoms with Gasteiger partial charge in [0.05, 0.1) is 22.5 Å². The van der Waals surface area contributed by atoms with Gasteiger partial charge in [0.2, 0.25) is 6.10 Å². The van der Waals surface area contributed by atoms with E-state index >= 15 is 0 Å². The first kappa shape index (κ1) is 17.6. The highest BCUT2D eigenvalue weighted by molar-refractivity contribution is 7.22. The summed E-state index contributed by atoms with van der Waals surface area (Å²) in [6.45, 7) is 0.459. The largest absolute Gasteiger partial charge is 0.485 e. The lowest BCUT2D eigenvalue weighted by molar-refractivity contribution is -0.127. The molecule has 6 nitrogen and oxygen atoms in total. The molecular weight excluding hydrogens is 386 g/mol. The summed E-state index contributed by atoms with van der Waals surface area (Å²) in [6, 6.07) is 20.8. The monoisotopic (exact) mass is 403 g/mol. The second-order valence-corrected chi connectivity index (χ2v) is 7.58. The lowest BCUT2D eigenvalue weighted by Crippen LogP contribution is -2.46. The molecule has 0 radical (unpaired) electrons. The van der Waals surface area contributed by atoms with Crippen LogP contribution in [-0.2, 0) is 11.3 Å². The Balaban J connectivity index is 1.48. The van der Waals surface area contributed by atoms with Gasteiger partial charge in [-0.2, -0.15) is 0 Å². The molecule has 2 aromatic carbocycles. The molecule has 1 amide bonds. The van der Waals surface area contributed by atoms with Crippen LogP contribution in [0.15, 0.2) is 72.9 Å². The Labute approximate surface area is 171 Å². The number of benzene rings is 2. The molecular formula is C22H17N3O3S. The maximum Gasteiger partial charge on any atom is 0.273 e. The Kier molecular flexibility index (Phi) is 4.57. The van der Waals surface area contributed by atoms with Crippen LogP contribution < -0.4 is 14.4 Å². The lowest BCUT2D eigenvalue weighted by atomic mass is 10.2. The summed E-state index contributed by atoms with van der Waals surface area (Å²) in [5.41, 5.74) is 1.63. The topological polar surface area (TPSA) is 64.6 Å². The van der Waals surface area contributed by atoms with Crippen molar-refractivity contribution in [3.05, 3.63) is 78.6 Å². The van der Waals surface area contributed by atoms with Gasteiger partial charge >= 0.3 is 0 Å². The molecule has 144 valence electrons. The van der Waals surface area contributed by atoms with Crippen LogP contribution in [0.1, 0.15) is 5.69 Å². The number of hydrogen-bond acceptors (Lipinski definition) is 6. The second-order valence-electron chi connectivity index (χ2n) is 6.57. The molecule has 2 aromatic heterocycles. The highest BCUT2D eigenvalue weighted by Crippen LogP contribution is 2.34. The van der Waals surface area contributed by atoms with E-state index in [-0.39, 0.29) is 12.5 Å². The van der Waals surface area contributed by atoms with Crippen LogP contribution in [0.2, 0.25) is 0 Å². The molecule has 1 unspecified atom stereocenters. The molecule has 1 aliphatic rings. The number of rotatable bonds is 4. The molecule has 0 saturated heterocycles. The van der Waals surface area contributed by atoms with E-state index in [1.807, 2.05) is 60.7 Å².